The number of likely N-dealkylation sites (N-methyl/N-ethyl adjacent to an activating group) is 1. The Kier molecular flexibility index (Phi) is 3.14. The molecule has 5 heteroatoms. The number of anilines is 2. The average molecular weight is 308 g/mol. The van der Waals surface area contributed by atoms with Crippen LogP contribution in [0.4, 0.5) is 17.2 Å². The molecule has 1 aliphatic heterocycles. The van der Waals surface area contributed by atoms with Gasteiger partial charge >= 0.3 is 0 Å². The lowest BCUT2D eigenvalue weighted by atomic mass is 10.0. The molecule has 0 aliphatic carbocycles. The van der Waals surface area contributed by atoms with Crippen LogP contribution in [0.25, 0.3) is 21.7 Å². The van der Waals surface area contributed by atoms with E-state index in [-0.39, 0.29) is 0 Å². The molecule has 4 rings (SSSR count). The number of benzene rings is 2. The zero-order valence-corrected chi connectivity index (χ0v) is 13.3. The summed E-state index contributed by atoms with van der Waals surface area (Å²) in [4.78, 5) is 5.01. The van der Waals surface area contributed by atoms with Crippen LogP contribution in [0.1, 0.15) is 0 Å². The zero-order chi connectivity index (χ0) is 16.0. The summed E-state index contributed by atoms with van der Waals surface area (Å²) in [5, 5.41) is 6.89. The molecule has 5 nitrogen and oxygen atoms in total. The molecule has 2 heterocycles. The van der Waals surface area contributed by atoms with Crippen LogP contribution in [0.15, 0.2) is 36.4 Å². The van der Waals surface area contributed by atoms with Gasteiger partial charge < -0.3 is 16.8 Å². The molecule has 0 radical (unpaired) electrons. The number of nitrogens with zero attached hydrogens (tertiary/aromatic N) is 2. The van der Waals surface area contributed by atoms with Gasteiger partial charge in [-0.3, -0.25) is 4.48 Å². The average Bonchev–Trinajstić information content (AvgIpc) is 2.54. The molecule has 1 aliphatic rings. The lowest BCUT2D eigenvalue weighted by Crippen LogP contribution is -2.57. The van der Waals surface area contributed by atoms with Crippen LogP contribution in [0.3, 0.4) is 0 Å². The van der Waals surface area contributed by atoms with E-state index >= 15 is 0 Å². The minimum atomic E-state index is 0.744. The smallest absolute Gasteiger partial charge is 0.236 e. The second-order valence-electron chi connectivity index (χ2n) is 6.61. The summed E-state index contributed by atoms with van der Waals surface area (Å²) in [5.74, 6) is 1.09. The van der Waals surface area contributed by atoms with Gasteiger partial charge in [0.15, 0.2) is 0 Å². The van der Waals surface area contributed by atoms with Gasteiger partial charge in [-0.25, -0.2) is 0 Å². The molecule has 0 bridgehead atoms. The van der Waals surface area contributed by atoms with Crippen molar-refractivity contribution in [3.8, 4) is 0 Å². The number of nitrogens with two attached hydrogens (primary N) is 2. The van der Waals surface area contributed by atoms with Crippen molar-refractivity contribution in [2.45, 2.75) is 0 Å². The molecule has 1 saturated heterocycles. The van der Waals surface area contributed by atoms with Crippen LogP contribution in [-0.2, 0) is 0 Å². The lowest BCUT2D eigenvalue weighted by molar-refractivity contribution is 0.284. The number of rotatable bonds is 1. The van der Waals surface area contributed by atoms with E-state index in [1.807, 2.05) is 18.2 Å². The highest BCUT2D eigenvalue weighted by molar-refractivity contribution is 6.11. The van der Waals surface area contributed by atoms with Gasteiger partial charge in [-0.05, 0) is 29.7 Å². The van der Waals surface area contributed by atoms with E-state index in [0.29, 0.717) is 0 Å². The standard InChI is InChI=1S/C18H22N5/c1-23(8-6-21-7-9-23)18-16-10-12(19)2-4-14(16)15-5-3-13(20)11-17(15)22-18/h2-5,10-11,21H,6-9,19-20H2,1H3/q+1. The van der Waals surface area contributed by atoms with E-state index in [1.54, 1.807) is 0 Å². The fourth-order valence-corrected chi connectivity index (χ4v) is 3.54. The Morgan fingerprint density at radius 1 is 0.913 bits per heavy atom. The Morgan fingerprint density at radius 3 is 2.30 bits per heavy atom. The van der Waals surface area contributed by atoms with Crippen LogP contribution < -0.4 is 21.3 Å². The number of hydrogen-bond acceptors (Lipinski definition) is 4. The molecule has 0 unspecified atom stereocenters. The maximum Gasteiger partial charge on any atom is 0.236 e. The number of piperazine rings is 1. The molecule has 2 aromatic carbocycles. The molecule has 3 aromatic rings. The van der Waals surface area contributed by atoms with Crippen LogP contribution in [0.2, 0.25) is 0 Å². The molecule has 1 fully saturated rings. The molecule has 0 saturated carbocycles. The monoisotopic (exact) mass is 308 g/mol. The molecular formula is C18H22N5+. The largest absolute Gasteiger partial charge is 0.399 e. The lowest BCUT2D eigenvalue weighted by Gasteiger charge is -2.37. The summed E-state index contributed by atoms with van der Waals surface area (Å²) in [6, 6.07) is 12.1. The number of nitrogen functional groups attached to an aromatic ring is 2. The number of nitrogens with one attached hydrogen (secondary N) is 1. The third-order valence-electron chi connectivity index (χ3n) is 4.90. The second-order valence-corrected chi connectivity index (χ2v) is 6.61. The quantitative estimate of drug-likeness (QED) is 0.365. The minimum Gasteiger partial charge on any atom is -0.399 e. The van der Waals surface area contributed by atoms with Gasteiger partial charge in [0.05, 0.1) is 31.0 Å². The molecule has 118 valence electrons. The number of hydrogen-bond donors (Lipinski definition) is 3. The molecule has 5 N–H and O–H groups in total. The van der Waals surface area contributed by atoms with Gasteiger partial charge in [0.25, 0.3) is 0 Å². The van der Waals surface area contributed by atoms with Gasteiger partial charge in [-0.15, -0.1) is 0 Å². The van der Waals surface area contributed by atoms with E-state index < -0.39 is 0 Å². The zero-order valence-electron chi connectivity index (χ0n) is 13.3. The number of quaternary nitrogens is 1. The fraction of sp³-hybridized carbons (Fsp3) is 0.278. The highest BCUT2D eigenvalue weighted by Gasteiger charge is 2.31. The fourth-order valence-electron chi connectivity index (χ4n) is 3.54. The van der Waals surface area contributed by atoms with Crippen LogP contribution in [-0.4, -0.2) is 38.2 Å². The first-order chi connectivity index (χ1) is 11.1. The van der Waals surface area contributed by atoms with Gasteiger partial charge in [0, 0.05) is 29.9 Å². The Labute approximate surface area is 135 Å². The van der Waals surface area contributed by atoms with E-state index in [9.17, 15) is 0 Å². The number of fused-ring (bicyclic) bond motifs is 3. The minimum absolute atomic E-state index is 0.744. The predicted octanol–water partition coefficient (Wildman–Crippen LogP) is 2.09. The van der Waals surface area contributed by atoms with Crippen molar-refractivity contribution >= 4 is 38.9 Å². The second kappa shape index (κ2) is 5.08. The summed E-state index contributed by atoms with van der Waals surface area (Å²) in [5.41, 5.74) is 14.5. The van der Waals surface area contributed by atoms with Crippen molar-refractivity contribution in [1.29, 1.82) is 0 Å². The van der Waals surface area contributed by atoms with Crippen LogP contribution >= 0.6 is 0 Å². The third kappa shape index (κ3) is 2.29. The number of pyridine rings is 1. The highest BCUT2D eigenvalue weighted by atomic mass is 15.4. The third-order valence-corrected chi connectivity index (χ3v) is 4.90. The normalized spacial score (nSPS) is 17.6. The Hall–Kier alpha value is -2.37. The Bertz CT molecular complexity index is 897. The predicted molar refractivity (Wildman–Crippen MR) is 98.4 cm³/mol. The molecule has 0 spiro atoms. The van der Waals surface area contributed by atoms with E-state index in [1.165, 1.54) is 5.39 Å². The number of aromatic nitrogens is 1. The van der Waals surface area contributed by atoms with E-state index in [0.717, 1.165) is 64.1 Å². The van der Waals surface area contributed by atoms with Gasteiger partial charge in [-0.1, -0.05) is 12.1 Å². The SMILES string of the molecule is C[N+]1(c2nc3cc(N)ccc3c3ccc(N)cc23)CCNCC1. The summed E-state index contributed by atoms with van der Waals surface area (Å²) in [6.45, 7) is 4.03. The molecular weight excluding hydrogens is 286 g/mol. The van der Waals surface area contributed by atoms with Crippen molar-refractivity contribution in [2.75, 3.05) is 44.7 Å². The summed E-state index contributed by atoms with van der Waals surface area (Å²) in [7, 11) is 2.25. The summed E-state index contributed by atoms with van der Waals surface area (Å²) >= 11 is 0. The van der Waals surface area contributed by atoms with Gasteiger partial charge in [0.1, 0.15) is 0 Å². The van der Waals surface area contributed by atoms with Crippen molar-refractivity contribution < 1.29 is 0 Å². The topological polar surface area (TPSA) is 77.0 Å². The van der Waals surface area contributed by atoms with Crippen LogP contribution in [0, 0.1) is 0 Å². The van der Waals surface area contributed by atoms with Crippen LogP contribution in [0.5, 0.6) is 0 Å². The van der Waals surface area contributed by atoms with Crippen molar-refractivity contribution in [1.82, 2.24) is 14.8 Å². The summed E-state index contributed by atoms with van der Waals surface area (Å²) in [6.07, 6.45) is 0. The first-order valence-corrected chi connectivity index (χ1v) is 8.01. The maximum absolute atomic E-state index is 6.07. The Balaban J connectivity index is 2.09. The summed E-state index contributed by atoms with van der Waals surface area (Å²) < 4.78 is 0.817. The van der Waals surface area contributed by atoms with Gasteiger partial charge in [-0.2, -0.15) is 4.98 Å². The first kappa shape index (κ1) is 14.2. The molecule has 23 heavy (non-hydrogen) atoms. The highest BCUT2D eigenvalue weighted by Crippen LogP contribution is 2.35. The van der Waals surface area contributed by atoms with Crippen molar-refractivity contribution in [3.05, 3.63) is 36.4 Å². The van der Waals surface area contributed by atoms with Gasteiger partial charge in [0.2, 0.25) is 5.82 Å². The van der Waals surface area contributed by atoms with E-state index in [2.05, 4.69) is 30.6 Å². The van der Waals surface area contributed by atoms with Crippen molar-refractivity contribution in [2.24, 2.45) is 0 Å². The maximum atomic E-state index is 6.07. The first-order valence-electron chi connectivity index (χ1n) is 8.01. The Morgan fingerprint density at radius 2 is 1.57 bits per heavy atom. The molecule has 1 aromatic heterocycles. The molecule has 0 atom stereocenters. The van der Waals surface area contributed by atoms with E-state index in [4.69, 9.17) is 16.5 Å². The molecule has 0 amide bonds. The van der Waals surface area contributed by atoms with Crippen molar-refractivity contribution in [3.63, 3.8) is 0 Å².